The predicted octanol–water partition coefficient (Wildman–Crippen LogP) is 5.57. The highest BCUT2D eigenvalue weighted by atomic mass is 32.1. The maximum Gasteiger partial charge on any atom is 0.294 e. The van der Waals surface area contributed by atoms with Crippen LogP contribution in [0.5, 0.6) is 11.5 Å². The molecule has 0 saturated carbocycles. The van der Waals surface area contributed by atoms with Crippen molar-refractivity contribution in [1.29, 1.82) is 0 Å². The number of hydrogen-bond donors (Lipinski definition) is 1. The van der Waals surface area contributed by atoms with Gasteiger partial charge in [-0.15, -0.1) is 11.3 Å². The van der Waals surface area contributed by atoms with Crippen molar-refractivity contribution in [2.75, 3.05) is 18.6 Å². The number of aliphatic hydroxyl groups excluding tert-OH is 1. The van der Waals surface area contributed by atoms with Crippen LogP contribution in [0, 0.1) is 5.92 Å². The van der Waals surface area contributed by atoms with Crippen molar-refractivity contribution in [3.8, 4) is 11.5 Å². The van der Waals surface area contributed by atoms with Crippen molar-refractivity contribution >= 4 is 28.7 Å². The monoisotopic (exact) mass is 463 g/mol. The van der Waals surface area contributed by atoms with Gasteiger partial charge >= 0.3 is 0 Å². The molecule has 6 nitrogen and oxygen atoms in total. The van der Waals surface area contributed by atoms with Gasteiger partial charge in [0.25, 0.3) is 5.91 Å². The number of amides is 1. The lowest BCUT2D eigenvalue weighted by Gasteiger charge is -2.27. The van der Waals surface area contributed by atoms with Crippen LogP contribution in [0.15, 0.2) is 77.4 Å². The molecule has 0 fully saturated rings. The molecule has 1 unspecified atom stereocenters. The van der Waals surface area contributed by atoms with Crippen molar-refractivity contribution in [2.24, 2.45) is 5.92 Å². The first-order valence-corrected chi connectivity index (χ1v) is 11.5. The third-order valence-electron chi connectivity index (χ3n) is 5.31. The number of rotatable bonds is 8. The van der Waals surface area contributed by atoms with Gasteiger partial charge < -0.3 is 14.6 Å². The second kappa shape index (κ2) is 9.50. The van der Waals surface area contributed by atoms with Gasteiger partial charge in [0.05, 0.1) is 30.2 Å². The zero-order valence-corrected chi connectivity index (χ0v) is 19.5. The molecule has 4 rings (SSSR count). The zero-order valence-electron chi connectivity index (χ0n) is 18.6. The van der Waals surface area contributed by atoms with Gasteiger partial charge in [-0.05, 0) is 59.3 Å². The Kier molecular flexibility index (Phi) is 6.51. The highest BCUT2D eigenvalue weighted by Gasteiger charge is 2.45. The van der Waals surface area contributed by atoms with Crippen molar-refractivity contribution in [1.82, 2.24) is 0 Å². The molecule has 1 aromatic heterocycles. The summed E-state index contributed by atoms with van der Waals surface area (Å²) < 4.78 is 11.1. The number of nitrogens with zero attached hydrogens (tertiary/aromatic N) is 1. The molecule has 170 valence electrons. The number of ether oxygens (including phenoxy) is 2. The van der Waals surface area contributed by atoms with E-state index < -0.39 is 17.7 Å². The number of carbonyl (C=O) groups excluding carboxylic acids is 2. The Bertz CT molecular complexity index is 1180. The van der Waals surface area contributed by atoms with Gasteiger partial charge in [0.1, 0.15) is 11.5 Å². The van der Waals surface area contributed by atoms with E-state index in [2.05, 4.69) is 13.8 Å². The molecule has 2 heterocycles. The van der Waals surface area contributed by atoms with Crippen LogP contribution >= 0.6 is 11.3 Å². The van der Waals surface area contributed by atoms with Gasteiger partial charge in [-0.2, -0.15) is 0 Å². The molecule has 0 aliphatic carbocycles. The van der Waals surface area contributed by atoms with Crippen LogP contribution in [-0.2, 0) is 4.79 Å². The predicted molar refractivity (Wildman–Crippen MR) is 128 cm³/mol. The van der Waals surface area contributed by atoms with E-state index in [1.54, 1.807) is 67.1 Å². The third-order valence-corrected chi connectivity index (χ3v) is 6.17. The molecular weight excluding hydrogens is 438 g/mol. The summed E-state index contributed by atoms with van der Waals surface area (Å²) in [4.78, 5) is 28.5. The van der Waals surface area contributed by atoms with E-state index >= 15 is 0 Å². The minimum absolute atomic E-state index is 0.0517. The summed E-state index contributed by atoms with van der Waals surface area (Å²) >= 11 is 1.27. The van der Waals surface area contributed by atoms with Crippen molar-refractivity contribution in [3.05, 3.63) is 87.8 Å². The van der Waals surface area contributed by atoms with E-state index in [-0.39, 0.29) is 11.4 Å². The third kappa shape index (κ3) is 4.50. The summed E-state index contributed by atoms with van der Waals surface area (Å²) in [6, 6.07) is 16.9. The Morgan fingerprint density at radius 2 is 1.85 bits per heavy atom. The first-order valence-electron chi connectivity index (χ1n) is 10.6. The number of ketones is 1. The Morgan fingerprint density at radius 1 is 1.09 bits per heavy atom. The lowest BCUT2D eigenvalue weighted by Crippen LogP contribution is -2.31. The van der Waals surface area contributed by atoms with E-state index in [0.29, 0.717) is 40.2 Å². The molecule has 0 bridgehead atoms. The van der Waals surface area contributed by atoms with E-state index in [0.717, 1.165) is 0 Å². The quantitative estimate of drug-likeness (QED) is 0.442. The highest BCUT2D eigenvalue weighted by molar-refractivity contribution is 7.12. The van der Waals surface area contributed by atoms with Crippen LogP contribution in [0.3, 0.4) is 0 Å². The maximum atomic E-state index is 13.3. The van der Waals surface area contributed by atoms with Crippen molar-refractivity contribution in [3.63, 3.8) is 0 Å². The van der Waals surface area contributed by atoms with Crippen LogP contribution in [-0.4, -0.2) is 30.5 Å². The van der Waals surface area contributed by atoms with E-state index in [1.165, 1.54) is 16.2 Å². The van der Waals surface area contributed by atoms with Crippen molar-refractivity contribution in [2.45, 2.75) is 19.9 Å². The number of hydrogen-bond acceptors (Lipinski definition) is 6. The van der Waals surface area contributed by atoms with Crippen LogP contribution in [0.2, 0.25) is 0 Å². The number of carbonyl (C=O) groups is 2. The van der Waals surface area contributed by atoms with Crippen LogP contribution in [0.4, 0.5) is 5.69 Å². The normalized spacial score (nSPS) is 15.9. The fourth-order valence-electron chi connectivity index (χ4n) is 3.74. The molecule has 1 atom stereocenters. The van der Waals surface area contributed by atoms with Crippen molar-refractivity contribution < 1.29 is 24.2 Å². The van der Waals surface area contributed by atoms with Gasteiger partial charge in [0.2, 0.25) is 5.78 Å². The zero-order chi connectivity index (χ0) is 23.5. The van der Waals surface area contributed by atoms with Gasteiger partial charge in [0, 0.05) is 5.69 Å². The number of anilines is 1. The molecule has 1 amide bonds. The summed E-state index contributed by atoms with van der Waals surface area (Å²) in [5.41, 5.74) is 1.26. The van der Waals surface area contributed by atoms with E-state index in [1.807, 2.05) is 6.07 Å². The first-order chi connectivity index (χ1) is 15.9. The smallest absolute Gasteiger partial charge is 0.294 e. The van der Waals surface area contributed by atoms with Gasteiger partial charge in [-0.1, -0.05) is 32.0 Å². The Balaban J connectivity index is 1.77. The minimum atomic E-state index is -0.801. The summed E-state index contributed by atoms with van der Waals surface area (Å²) in [5, 5.41) is 12.6. The summed E-state index contributed by atoms with van der Waals surface area (Å²) in [6.45, 7) is 4.71. The molecule has 1 N–H and O–H groups in total. The largest absolute Gasteiger partial charge is 0.503 e. The molecule has 0 spiro atoms. The molecule has 0 saturated heterocycles. The fourth-order valence-corrected chi connectivity index (χ4v) is 4.41. The molecule has 0 radical (unpaired) electrons. The maximum absolute atomic E-state index is 13.3. The molecule has 7 heteroatoms. The minimum Gasteiger partial charge on any atom is -0.503 e. The number of Topliss-reactive ketones (excluding diaryl/α,β-unsaturated/α-hetero) is 1. The SMILES string of the molecule is COc1cccc(C2C(C(=O)c3cccs3)=C(O)C(=O)N2c2ccc(OCC(C)C)cc2)c1. The highest BCUT2D eigenvalue weighted by Crippen LogP contribution is 2.43. The Morgan fingerprint density at radius 3 is 2.48 bits per heavy atom. The Labute approximate surface area is 196 Å². The topological polar surface area (TPSA) is 76.1 Å². The lowest BCUT2D eigenvalue weighted by molar-refractivity contribution is -0.117. The molecule has 33 heavy (non-hydrogen) atoms. The van der Waals surface area contributed by atoms with Gasteiger partial charge in [-0.25, -0.2) is 0 Å². The van der Waals surface area contributed by atoms with E-state index in [4.69, 9.17) is 9.47 Å². The van der Waals surface area contributed by atoms with Crippen LogP contribution in [0.1, 0.15) is 35.1 Å². The molecular formula is C26H25NO5S. The van der Waals surface area contributed by atoms with Crippen LogP contribution in [0.25, 0.3) is 0 Å². The number of thiophene rings is 1. The summed E-state index contributed by atoms with van der Waals surface area (Å²) in [5.74, 6) is 0.118. The average Bonchev–Trinajstić information content (AvgIpc) is 3.45. The molecule has 1 aliphatic heterocycles. The van der Waals surface area contributed by atoms with Gasteiger partial charge in [0.15, 0.2) is 5.76 Å². The molecule has 2 aromatic carbocycles. The standard InChI is InChI=1S/C26H25NO5S/c1-16(2)15-32-19-11-9-18(10-12-19)27-23(17-6-4-7-20(14-17)31-3)22(25(29)26(27)30)24(28)21-8-5-13-33-21/h4-14,16,23,29H,15H2,1-3H3. The number of aliphatic hydroxyl groups is 1. The summed E-state index contributed by atoms with van der Waals surface area (Å²) in [6.07, 6.45) is 0. The average molecular weight is 464 g/mol. The molecule has 3 aromatic rings. The van der Waals surface area contributed by atoms with Gasteiger partial charge in [-0.3, -0.25) is 14.5 Å². The Hall–Kier alpha value is -3.58. The molecule has 1 aliphatic rings. The second-order valence-corrected chi connectivity index (χ2v) is 9.07. The number of benzene rings is 2. The van der Waals surface area contributed by atoms with E-state index in [9.17, 15) is 14.7 Å². The summed E-state index contributed by atoms with van der Waals surface area (Å²) in [7, 11) is 1.55. The number of methoxy groups -OCH3 is 1. The second-order valence-electron chi connectivity index (χ2n) is 8.12. The lowest BCUT2D eigenvalue weighted by atomic mass is 9.95. The van der Waals surface area contributed by atoms with Crippen LogP contribution < -0.4 is 14.4 Å². The first kappa shape index (κ1) is 22.6. The fraction of sp³-hybridized carbons (Fsp3) is 0.231.